The van der Waals surface area contributed by atoms with Gasteiger partial charge in [0.1, 0.15) is 5.01 Å². The number of fused-ring (bicyclic) bond motifs is 1. The van der Waals surface area contributed by atoms with Gasteiger partial charge in [0.2, 0.25) is 5.91 Å². The molecule has 2 aromatic carbocycles. The summed E-state index contributed by atoms with van der Waals surface area (Å²) >= 11 is 3.31. The molecule has 2 heterocycles. The van der Waals surface area contributed by atoms with Crippen molar-refractivity contribution in [3.05, 3.63) is 64.7 Å². The number of aromatic nitrogens is 1. The van der Waals surface area contributed by atoms with Crippen LogP contribution >= 0.6 is 23.1 Å². The molecule has 1 saturated heterocycles. The van der Waals surface area contributed by atoms with Gasteiger partial charge in [-0.1, -0.05) is 36.4 Å². The molecule has 1 fully saturated rings. The van der Waals surface area contributed by atoms with Crippen LogP contribution in [0.15, 0.2) is 48.5 Å². The van der Waals surface area contributed by atoms with E-state index in [2.05, 4.69) is 39.5 Å². The topological polar surface area (TPSA) is 54.5 Å². The number of amides is 1. The third-order valence-electron chi connectivity index (χ3n) is 4.89. The number of nitrogens with one attached hydrogen (secondary N) is 1. The lowest BCUT2D eigenvalue weighted by molar-refractivity contribution is -0.118. The molecule has 1 amide bonds. The number of thiazole rings is 1. The van der Waals surface area contributed by atoms with Gasteiger partial charge in [0, 0.05) is 31.9 Å². The minimum Gasteiger partial charge on any atom is -0.379 e. The van der Waals surface area contributed by atoms with Gasteiger partial charge >= 0.3 is 0 Å². The van der Waals surface area contributed by atoms with Gasteiger partial charge in [-0.3, -0.25) is 9.69 Å². The van der Waals surface area contributed by atoms with Crippen molar-refractivity contribution >= 4 is 39.2 Å². The maximum atomic E-state index is 12.3. The van der Waals surface area contributed by atoms with Crippen molar-refractivity contribution in [2.75, 3.05) is 32.1 Å². The molecule has 0 bridgehead atoms. The van der Waals surface area contributed by atoms with Gasteiger partial charge in [0.15, 0.2) is 0 Å². The fourth-order valence-electron chi connectivity index (χ4n) is 3.34. The summed E-state index contributed by atoms with van der Waals surface area (Å²) in [6, 6.07) is 16.5. The first kappa shape index (κ1) is 20.3. The van der Waals surface area contributed by atoms with E-state index in [9.17, 15) is 4.79 Å². The number of morpholine rings is 1. The molecule has 1 aliphatic rings. The van der Waals surface area contributed by atoms with Gasteiger partial charge < -0.3 is 10.1 Å². The van der Waals surface area contributed by atoms with Gasteiger partial charge in [0.25, 0.3) is 0 Å². The Balaban J connectivity index is 1.24. The highest BCUT2D eigenvalue weighted by Crippen LogP contribution is 2.24. The molecule has 0 unspecified atom stereocenters. The van der Waals surface area contributed by atoms with Gasteiger partial charge in [-0.25, -0.2) is 4.98 Å². The lowest BCUT2D eigenvalue weighted by atomic mass is 10.1. The number of benzene rings is 2. The predicted octanol–water partition coefficient (Wildman–Crippen LogP) is 3.68. The molecular formula is C22H25N3O2S2. The quantitative estimate of drug-likeness (QED) is 0.594. The third kappa shape index (κ3) is 5.79. The van der Waals surface area contributed by atoms with E-state index in [-0.39, 0.29) is 5.91 Å². The van der Waals surface area contributed by atoms with Crippen LogP contribution < -0.4 is 5.32 Å². The monoisotopic (exact) mass is 427 g/mol. The normalized spacial score (nSPS) is 14.9. The van der Waals surface area contributed by atoms with Crippen LogP contribution in [0.25, 0.3) is 10.2 Å². The van der Waals surface area contributed by atoms with Crippen molar-refractivity contribution in [1.29, 1.82) is 0 Å². The number of hydrogen-bond donors (Lipinski definition) is 1. The molecule has 152 valence electrons. The zero-order valence-corrected chi connectivity index (χ0v) is 17.9. The number of para-hydroxylation sites is 1. The second-order valence-electron chi connectivity index (χ2n) is 7.00. The van der Waals surface area contributed by atoms with Crippen LogP contribution in [0.5, 0.6) is 0 Å². The summed E-state index contributed by atoms with van der Waals surface area (Å²) in [5.74, 6) is 1.28. The summed E-state index contributed by atoms with van der Waals surface area (Å²) in [4.78, 5) is 19.3. The highest BCUT2D eigenvalue weighted by atomic mass is 32.2. The van der Waals surface area contributed by atoms with E-state index in [0.717, 1.165) is 49.1 Å². The fraction of sp³-hybridized carbons (Fsp3) is 0.364. The van der Waals surface area contributed by atoms with E-state index >= 15 is 0 Å². The highest BCUT2D eigenvalue weighted by Gasteiger charge is 2.13. The van der Waals surface area contributed by atoms with E-state index in [1.807, 2.05) is 24.3 Å². The molecule has 0 aliphatic carbocycles. The third-order valence-corrected chi connectivity index (χ3v) is 7.05. The van der Waals surface area contributed by atoms with Crippen molar-refractivity contribution in [1.82, 2.24) is 15.2 Å². The molecule has 3 aromatic rings. The number of carbonyl (C=O) groups is 1. The van der Waals surface area contributed by atoms with Crippen molar-refractivity contribution in [2.24, 2.45) is 0 Å². The first-order valence-electron chi connectivity index (χ1n) is 9.84. The van der Waals surface area contributed by atoms with Crippen LogP contribution in [0.3, 0.4) is 0 Å². The minimum absolute atomic E-state index is 0.0669. The molecule has 7 heteroatoms. The Bertz CT molecular complexity index is 921. The Labute approximate surface area is 179 Å². The second kappa shape index (κ2) is 10.2. The minimum atomic E-state index is 0.0669. The zero-order chi connectivity index (χ0) is 19.9. The summed E-state index contributed by atoms with van der Waals surface area (Å²) in [7, 11) is 0. The second-order valence-corrected chi connectivity index (χ2v) is 9.10. The molecule has 1 N–H and O–H groups in total. The molecule has 1 aliphatic heterocycles. The number of hydrogen-bond acceptors (Lipinski definition) is 6. The fourth-order valence-corrected chi connectivity index (χ4v) is 5.22. The molecule has 0 atom stereocenters. The Morgan fingerprint density at radius 2 is 1.86 bits per heavy atom. The van der Waals surface area contributed by atoms with Crippen LogP contribution in [-0.2, 0) is 28.4 Å². The van der Waals surface area contributed by atoms with Crippen LogP contribution in [0.4, 0.5) is 0 Å². The van der Waals surface area contributed by atoms with Crippen LogP contribution in [0, 0.1) is 0 Å². The average molecular weight is 428 g/mol. The molecular weight excluding hydrogens is 402 g/mol. The zero-order valence-electron chi connectivity index (χ0n) is 16.3. The van der Waals surface area contributed by atoms with Gasteiger partial charge in [-0.15, -0.1) is 23.1 Å². The Hall–Kier alpha value is -1.93. The Kier molecular flexibility index (Phi) is 7.16. The molecule has 5 nitrogen and oxygen atoms in total. The summed E-state index contributed by atoms with van der Waals surface area (Å²) in [5.41, 5.74) is 3.50. The van der Waals surface area contributed by atoms with E-state index in [0.29, 0.717) is 12.3 Å². The number of carbonyl (C=O) groups excluding carboxylic acids is 1. The predicted molar refractivity (Wildman–Crippen MR) is 120 cm³/mol. The standard InChI is InChI=1S/C22H25N3O2S2/c26-21(15-28-16-22-24-19-7-3-4-8-20(19)29-22)23-13-17-5-1-2-6-18(17)14-25-9-11-27-12-10-25/h1-8H,9-16H2,(H,23,26). The van der Waals surface area contributed by atoms with Crippen molar-refractivity contribution in [2.45, 2.75) is 18.8 Å². The van der Waals surface area contributed by atoms with Crippen molar-refractivity contribution in [3.63, 3.8) is 0 Å². The van der Waals surface area contributed by atoms with E-state index in [1.54, 1.807) is 23.1 Å². The first-order chi connectivity index (χ1) is 14.3. The van der Waals surface area contributed by atoms with Crippen LogP contribution in [0.1, 0.15) is 16.1 Å². The van der Waals surface area contributed by atoms with E-state index < -0.39 is 0 Å². The highest BCUT2D eigenvalue weighted by molar-refractivity contribution is 7.99. The number of rotatable bonds is 8. The molecule has 0 saturated carbocycles. The summed E-state index contributed by atoms with van der Waals surface area (Å²) in [5, 5.41) is 4.14. The maximum Gasteiger partial charge on any atom is 0.230 e. The number of ether oxygens (including phenoxy) is 1. The number of nitrogens with zero attached hydrogens (tertiary/aromatic N) is 2. The molecule has 0 spiro atoms. The summed E-state index contributed by atoms with van der Waals surface area (Å²) in [6.07, 6.45) is 0. The van der Waals surface area contributed by atoms with Gasteiger partial charge in [-0.2, -0.15) is 0 Å². The summed E-state index contributed by atoms with van der Waals surface area (Å²) < 4.78 is 6.63. The average Bonchev–Trinajstić information content (AvgIpc) is 3.17. The lowest BCUT2D eigenvalue weighted by Crippen LogP contribution is -2.36. The number of thioether (sulfide) groups is 1. The SMILES string of the molecule is O=C(CSCc1nc2ccccc2s1)NCc1ccccc1CN1CCOCC1. The lowest BCUT2D eigenvalue weighted by Gasteiger charge is -2.27. The Morgan fingerprint density at radius 3 is 2.69 bits per heavy atom. The van der Waals surface area contributed by atoms with Crippen molar-refractivity contribution in [3.8, 4) is 0 Å². The smallest absolute Gasteiger partial charge is 0.230 e. The van der Waals surface area contributed by atoms with Crippen LogP contribution in [0.2, 0.25) is 0 Å². The van der Waals surface area contributed by atoms with Gasteiger partial charge in [0.05, 0.1) is 29.2 Å². The maximum absolute atomic E-state index is 12.3. The van der Waals surface area contributed by atoms with Gasteiger partial charge in [-0.05, 0) is 23.3 Å². The molecule has 4 rings (SSSR count). The van der Waals surface area contributed by atoms with E-state index in [1.165, 1.54) is 15.8 Å². The van der Waals surface area contributed by atoms with Crippen LogP contribution in [-0.4, -0.2) is 47.8 Å². The molecule has 1 aromatic heterocycles. The van der Waals surface area contributed by atoms with Crippen molar-refractivity contribution < 1.29 is 9.53 Å². The summed E-state index contributed by atoms with van der Waals surface area (Å²) in [6.45, 7) is 4.99. The first-order valence-corrected chi connectivity index (χ1v) is 11.8. The largest absolute Gasteiger partial charge is 0.379 e. The molecule has 0 radical (unpaired) electrons. The van der Waals surface area contributed by atoms with E-state index in [4.69, 9.17) is 4.74 Å². The Morgan fingerprint density at radius 1 is 1.10 bits per heavy atom. The molecule has 29 heavy (non-hydrogen) atoms.